The summed E-state index contributed by atoms with van der Waals surface area (Å²) in [5.74, 6) is 1.71. The number of hydrogen-bond acceptors (Lipinski definition) is 5. The molecule has 5 heteroatoms. The molecular formula is C13H12N2O3. The number of aldehydes is 1. The Balaban J connectivity index is 2.20. The van der Waals surface area contributed by atoms with Crippen LogP contribution in [0.3, 0.4) is 0 Å². The summed E-state index contributed by atoms with van der Waals surface area (Å²) in [6.45, 7) is -0.0231. The Hall–Kier alpha value is -2.56. The van der Waals surface area contributed by atoms with Crippen LogP contribution < -0.4 is 15.2 Å². The average molecular weight is 244 g/mol. The maximum absolute atomic E-state index is 10.3. The van der Waals surface area contributed by atoms with Crippen molar-refractivity contribution in [3.63, 3.8) is 0 Å². The molecule has 0 aliphatic carbocycles. The molecule has 0 spiro atoms. The third kappa shape index (κ3) is 2.98. The van der Waals surface area contributed by atoms with Gasteiger partial charge in [-0.25, -0.2) is 0 Å². The maximum atomic E-state index is 10.3. The molecule has 18 heavy (non-hydrogen) atoms. The molecule has 0 fully saturated rings. The van der Waals surface area contributed by atoms with E-state index in [-0.39, 0.29) is 6.61 Å². The topological polar surface area (TPSA) is 74.4 Å². The van der Waals surface area contributed by atoms with Gasteiger partial charge in [-0.3, -0.25) is 4.79 Å². The summed E-state index contributed by atoms with van der Waals surface area (Å²) in [5.41, 5.74) is 5.56. The highest BCUT2D eigenvalue weighted by Crippen LogP contribution is 2.30. The van der Waals surface area contributed by atoms with Crippen molar-refractivity contribution in [3.05, 3.63) is 42.5 Å². The van der Waals surface area contributed by atoms with Crippen molar-refractivity contribution in [3.8, 4) is 17.4 Å². The Kier molecular flexibility index (Phi) is 3.76. The molecule has 0 aliphatic rings. The zero-order valence-electron chi connectivity index (χ0n) is 9.58. The SMILES string of the molecule is Nc1cccc(Oc2ccccc2OCC=O)n1. The minimum absolute atomic E-state index is 0.0231. The normalized spacial score (nSPS) is 9.78. The molecule has 2 aromatic rings. The molecule has 2 N–H and O–H groups in total. The summed E-state index contributed by atoms with van der Waals surface area (Å²) in [6.07, 6.45) is 0.676. The fourth-order valence-corrected chi connectivity index (χ4v) is 1.38. The average Bonchev–Trinajstić information content (AvgIpc) is 2.38. The van der Waals surface area contributed by atoms with Crippen molar-refractivity contribution < 1.29 is 14.3 Å². The van der Waals surface area contributed by atoms with Gasteiger partial charge in [-0.1, -0.05) is 18.2 Å². The predicted molar refractivity (Wildman–Crippen MR) is 66.7 cm³/mol. The smallest absolute Gasteiger partial charge is 0.221 e. The van der Waals surface area contributed by atoms with E-state index in [0.717, 1.165) is 0 Å². The minimum Gasteiger partial charge on any atom is -0.482 e. The van der Waals surface area contributed by atoms with Gasteiger partial charge in [0.15, 0.2) is 17.8 Å². The number of carbonyl (C=O) groups excluding carboxylic acids is 1. The van der Waals surface area contributed by atoms with Gasteiger partial charge >= 0.3 is 0 Å². The number of para-hydroxylation sites is 2. The van der Waals surface area contributed by atoms with Crippen LogP contribution in [0.25, 0.3) is 0 Å². The van der Waals surface area contributed by atoms with Crippen molar-refractivity contribution in [2.75, 3.05) is 12.3 Å². The number of carbonyl (C=O) groups is 1. The Labute approximate surface area is 104 Å². The molecule has 1 aromatic heterocycles. The molecular weight excluding hydrogens is 232 g/mol. The number of aromatic nitrogens is 1. The van der Waals surface area contributed by atoms with Crippen molar-refractivity contribution in [2.45, 2.75) is 0 Å². The molecule has 0 saturated carbocycles. The summed E-state index contributed by atoms with van der Waals surface area (Å²) in [5, 5.41) is 0. The van der Waals surface area contributed by atoms with Crippen molar-refractivity contribution >= 4 is 12.1 Å². The molecule has 0 aliphatic heterocycles. The number of pyridine rings is 1. The molecule has 0 saturated heterocycles. The summed E-state index contributed by atoms with van der Waals surface area (Å²) in [4.78, 5) is 14.3. The third-order valence-corrected chi connectivity index (χ3v) is 2.12. The van der Waals surface area contributed by atoms with Gasteiger partial charge in [0.2, 0.25) is 5.88 Å². The zero-order valence-corrected chi connectivity index (χ0v) is 9.58. The summed E-state index contributed by atoms with van der Waals surface area (Å²) in [7, 11) is 0. The first-order chi connectivity index (χ1) is 8.79. The second kappa shape index (κ2) is 5.67. The largest absolute Gasteiger partial charge is 0.482 e. The molecule has 0 radical (unpaired) electrons. The van der Waals surface area contributed by atoms with Gasteiger partial charge in [-0.2, -0.15) is 4.98 Å². The molecule has 1 aromatic carbocycles. The van der Waals surface area contributed by atoms with Crippen LogP contribution in [0.4, 0.5) is 5.82 Å². The fourth-order valence-electron chi connectivity index (χ4n) is 1.38. The monoisotopic (exact) mass is 244 g/mol. The lowest BCUT2D eigenvalue weighted by atomic mass is 10.3. The molecule has 0 unspecified atom stereocenters. The molecule has 5 nitrogen and oxygen atoms in total. The Morgan fingerprint density at radius 2 is 1.89 bits per heavy atom. The van der Waals surface area contributed by atoms with Crippen LogP contribution in [0.15, 0.2) is 42.5 Å². The van der Waals surface area contributed by atoms with E-state index in [1.165, 1.54) is 0 Å². The van der Waals surface area contributed by atoms with Crippen LogP contribution in [0.1, 0.15) is 0 Å². The number of rotatable bonds is 5. The van der Waals surface area contributed by atoms with Crippen LogP contribution >= 0.6 is 0 Å². The highest BCUT2D eigenvalue weighted by Gasteiger charge is 2.06. The van der Waals surface area contributed by atoms with E-state index < -0.39 is 0 Å². The first-order valence-electron chi connectivity index (χ1n) is 5.35. The molecule has 1 heterocycles. The van der Waals surface area contributed by atoms with Gasteiger partial charge in [0.1, 0.15) is 12.4 Å². The highest BCUT2D eigenvalue weighted by molar-refractivity contribution is 5.52. The van der Waals surface area contributed by atoms with Gasteiger partial charge in [0.25, 0.3) is 0 Å². The predicted octanol–water partition coefficient (Wildman–Crippen LogP) is 2.03. The van der Waals surface area contributed by atoms with Gasteiger partial charge in [0.05, 0.1) is 0 Å². The first-order valence-corrected chi connectivity index (χ1v) is 5.35. The van der Waals surface area contributed by atoms with Crippen molar-refractivity contribution in [1.29, 1.82) is 0 Å². The molecule has 0 atom stereocenters. The lowest BCUT2D eigenvalue weighted by molar-refractivity contribution is -0.109. The number of ether oxygens (including phenoxy) is 2. The van der Waals surface area contributed by atoms with Crippen molar-refractivity contribution in [1.82, 2.24) is 4.98 Å². The van der Waals surface area contributed by atoms with Gasteiger partial charge in [0, 0.05) is 6.07 Å². The number of nitrogens with two attached hydrogens (primary N) is 1. The van der Waals surface area contributed by atoms with Crippen LogP contribution in [0.2, 0.25) is 0 Å². The number of benzene rings is 1. The quantitative estimate of drug-likeness (QED) is 0.814. The second-order valence-electron chi connectivity index (χ2n) is 3.43. The summed E-state index contributed by atoms with van der Waals surface area (Å²) in [6, 6.07) is 12.1. The molecule has 0 bridgehead atoms. The Bertz CT molecular complexity index is 543. The highest BCUT2D eigenvalue weighted by atomic mass is 16.5. The fraction of sp³-hybridized carbons (Fsp3) is 0.0769. The Morgan fingerprint density at radius 1 is 1.11 bits per heavy atom. The number of anilines is 1. The standard InChI is InChI=1S/C13H12N2O3/c14-12-6-3-7-13(15-12)18-11-5-2-1-4-10(11)17-9-8-16/h1-8H,9H2,(H2,14,15). The van der Waals surface area contributed by atoms with Gasteiger partial charge < -0.3 is 15.2 Å². The molecule has 0 amide bonds. The van der Waals surface area contributed by atoms with Crippen molar-refractivity contribution in [2.24, 2.45) is 0 Å². The van der Waals surface area contributed by atoms with Gasteiger partial charge in [-0.15, -0.1) is 0 Å². The third-order valence-electron chi connectivity index (χ3n) is 2.12. The van der Waals surface area contributed by atoms with E-state index in [0.29, 0.717) is 29.5 Å². The van der Waals surface area contributed by atoms with E-state index in [1.807, 2.05) is 0 Å². The number of hydrogen-bond donors (Lipinski definition) is 1. The first kappa shape index (κ1) is 11.9. The lowest BCUT2D eigenvalue weighted by Crippen LogP contribution is -2.00. The van der Waals surface area contributed by atoms with E-state index in [1.54, 1.807) is 42.5 Å². The van der Waals surface area contributed by atoms with Crippen LogP contribution in [0, 0.1) is 0 Å². The van der Waals surface area contributed by atoms with E-state index in [4.69, 9.17) is 15.2 Å². The lowest BCUT2D eigenvalue weighted by Gasteiger charge is -2.10. The number of nitrogens with zero attached hydrogens (tertiary/aromatic N) is 1. The van der Waals surface area contributed by atoms with Crippen LogP contribution in [-0.4, -0.2) is 17.9 Å². The zero-order chi connectivity index (χ0) is 12.8. The van der Waals surface area contributed by atoms with E-state index >= 15 is 0 Å². The minimum atomic E-state index is -0.0231. The second-order valence-corrected chi connectivity index (χ2v) is 3.43. The summed E-state index contributed by atoms with van der Waals surface area (Å²) >= 11 is 0. The Morgan fingerprint density at radius 3 is 2.61 bits per heavy atom. The summed E-state index contributed by atoms with van der Waals surface area (Å²) < 4.78 is 10.8. The van der Waals surface area contributed by atoms with Crippen LogP contribution in [0.5, 0.6) is 17.4 Å². The van der Waals surface area contributed by atoms with E-state index in [2.05, 4.69) is 4.98 Å². The molecule has 2 rings (SSSR count). The van der Waals surface area contributed by atoms with Gasteiger partial charge in [-0.05, 0) is 18.2 Å². The molecule has 92 valence electrons. The number of nitrogen functional groups attached to an aromatic ring is 1. The van der Waals surface area contributed by atoms with Crippen LogP contribution in [-0.2, 0) is 4.79 Å². The van der Waals surface area contributed by atoms with E-state index in [9.17, 15) is 4.79 Å². The maximum Gasteiger partial charge on any atom is 0.221 e.